The maximum atomic E-state index is 15.2. The number of benzene rings is 4. The Bertz CT molecular complexity index is 1980. The number of phenolic OH excluding ortho intramolecular Hbond substituents is 1. The van der Waals surface area contributed by atoms with Crippen molar-refractivity contribution >= 4 is 40.9 Å². The maximum Gasteiger partial charge on any atom is 0.246 e. The minimum atomic E-state index is -1.38. The zero-order valence-corrected chi connectivity index (χ0v) is 26.1. The lowest BCUT2D eigenvalue weighted by atomic mass is 9.49. The van der Waals surface area contributed by atoms with Crippen LogP contribution < -0.4 is 4.90 Å². The first kappa shape index (κ1) is 29.4. The van der Waals surface area contributed by atoms with Gasteiger partial charge in [-0.05, 0) is 65.8 Å². The van der Waals surface area contributed by atoms with Crippen molar-refractivity contribution in [1.29, 1.82) is 0 Å². The maximum absolute atomic E-state index is 15.2. The van der Waals surface area contributed by atoms with Crippen LogP contribution in [0.1, 0.15) is 35.4 Å². The SMILES string of the molecule is O=C1C2CC=C3C(CC4C(=O)N(c5cccc(Cl)c5)C(=O)C4(c4ccccc4)C3c3cccc(O)c3)C2C(=O)N1Cc1ccccc1. The molecule has 4 amide bonds. The molecule has 0 bridgehead atoms. The second-order valence-corrected chi connectivity index (χ2v) is 13.4. The van der Waals surface area contributed by atoms with Crippen LogP contribution in [0.5, 0.6) is 5.75 Å². The van der Waals surface area contributed by atoms with Gasteiger partial charge in [-0.3, -0.25) is 24.1 Å². The Morgan fingerprint density at radius 1 is 0.766 bits per heavy atom. The molecule has 47 heavy (non-hydrogen) atoms. The van der Waals surface area contributed by atoms with Gasteiger partial charge in [0.25, 0.3) is 0 Å². The minimum Gasteiger partial charge on any atom is -0.508 e. The van der Waals surface area contributed by atoms with Gasteiger partial charge in [0.05, 0.1) is 35.4 Å². The molecule has 0 aromatic heterocycles. The highest BCUT2D eigenvalue weighted by Crippen LogP contribution is 2.64. The van der Waals surface area contributed by atoms with Crippen molar-refractivity contribution in [3.63, 3.8) is 0 Å². The number of aromatic hydroxyl groups is 1. The summed E-state index contributed by atoms with van der Waals surface area (Å²) in [6.07, 6.45) is 2.59. The number of amides is 4. The Morgan fingerprint density at radius 2 is 1.49 bits per heavy atom. The van der Waals surface area contributed by atoms with Crippen molar-refractivity contribution in [2.45, 2.75) is 30.7 Å². The molecule has 2 saturated heterocycles. The second kappa shape index (κ2) is 11.1. The van der Waals surface area contributed by atoms with Crippen LogP contribution in [-0.2, 0) is 31.1 Å². The molecule has 0 radical (unpaired) electrons. The summed E-state index contributed by atoms with van der Waals surface area (Å²) < 4.78 is 0. The molecule has 2 heterocycles. The monoisotopic (exact) mass is 642 g/mol. The fourth-order valence-corrected chi connectivity index (χ4v) is 8.99. The van der Waals surface area contributed by atoms with Gasteiger partial charge in [0.2, 0.25) is 23.6 Å². The van der Waals surface area contributed by atoms with E-state index in [1.165, 1.54) is 9.80 Å². The van der Waals surface area contributed by atoms with Crippen molar-refractivity contribution in [3.05, 3.63) is 143 Å². The van der Waals surface area contributed by atoms with Crippen LogP contribution in [0.2, 0.25) is 5.02 Å². The summed E-state index contributed by atoms with van der Waals surface area (Å²) in [6.45, 7) is 0.181. The highest BCUT2D eigenvalue weighted by Gasteiger charge is 2.70. The molecule has 4 aliphatic rings. The second-order valence-electron chi connectivity index (χ2n) is 12.9. The predicted octanol–water partition coefficient (Wildman–Crippen LogP) is 6.41. The van der Waals surface area contributed by atoms with Crippen molar-refractivity contribution in [3.8, 4) is 5.75 Å². The fourth-order valence-electron chi connectivity index (χ4n) is 8.81. The lowest BCUT2D eigenvalue weighted by Crippen LogP contribution is -2.53. The zero-order chi connectivity index (χ0) is 32.4. The number of fused-ring (bicyclic) bond motifs is 4. The summed E-state index contributed by atoms with van der Waals surface area (Å²) in [5, 5.41) is 11.1. The summed E-state index contributed by atoms with van der Waals surface area (Å²) >= 11 is 6.37. The van der Waals surface area contributed by atoms with Crippen molar-refractivity contribution < 1.29 is 24.3 Å². The number of hydrogen-bond donors (Lipinski definition) is 1. The first-order valence-electron chi connectivity index (χ1n) is 15.9. The first-order valence-corrected chi connectivity index (χ1v) is 16.3. The molecule has 4 aromatic rings. The van der Waals surface area contributed by atoms with Gasteiger partial charge in [0.15, 0.2) is 0 Å². The third-order valence-electron chi connectivity index (χ3n) is 10.6. The van der Waals surface area contributed by atoms with E-state index >= 15 is 4.79 Å². The van der Waals surface area contributed by atoms with E-state index in [4.69, 9.17) is 11.6 Å². The van der Waals surface area contributed by atoms with Gasteiger partial charge < -0.3 is 5.11 Å². The Kier molecular flexibility index (Phi) is 6.92. The summed E-state index contributed by atoms with van der Waals surface area (Å²) in [4.78, 5) is 60.6. The average Bonchev–Trinajstić information content (AvgIpc) is 3.46. The number of likely N-dealkylation sites (tertiary alicyclic amines) is 1. The molecule has 234 valence electrons. The number of halogens is 1. The van der Waals surface area contributed by atoms with Gasteiger partial charge in [-0.15, -0.1) is 0 Å². The molecule has 6 atom stereocenters. The van der Waals surface area contributed by atoms with E-state index in [9.17, 15) is 19.5 Å². The molecule has 3 fully saturated rings. The van der Waals surface area contributed by atoms with E-state index in [1.807, 2.05) is 72.8 Å². The number of hydrogen-bond acceptors (Lipinski definition) is 5. The summed E-state index contributed by atoms with van der Waals surface area (Å²) in [6, 6.07) is 32.3. The lowest BCUT2D eigenvalue weighted by molar-refractivity contribution is -0.141. The quantitative estimate of drug-likeness (QED) is 0.201. The number of nitrogens with zero attached hydrogens (tertiary/aromatic N) is 2. The van der Waals surface area contributed by atoms with Gasteiger partial charge in [-0.1, -0.05) is 102 Å². The van der Waals surface area contributed by atoms with E-state index in [0.29, 0.717) is 28.3 Å². The molecule has 4 aromatic carbocycles. The Labute approximate surface area is 277 Å². The summed E-state index contributed by atoms with van der Waals surface area (Å²) in [5.41, 5.74) is 2.07. The van der Waals surface area contributed by atoms with Crippen molar-refractivity contribution in [2.24, 2.45) is 23.7 Å². The van der Waals surface area contributed by atoms with Gasteiger partial charge in [-0.2, -0.15) is 0 Å². The smallest absolute Gasteiger partial charge is 0.246 e. The molecule has 8 heteroatoms. The molecule has 2 aliphatic heterocycles. The normalized spacial score (nSPS) is 28.2. The lowest BCUT2D eigenvalue weighted by Gasteiger charge is -2.50. The molecule has 1 saturated carbocycles. The first-order chi connectivity index (χ1) is 22.8. The van der Waals surface area contributed by atoms with Crippen LogP contribution >= 0.6 is 11.6 Å². The number of phenols is 1. The minimum absolute atomic E-state index is 0.0308. The largest absolute Gasteiger partial charge is 0.508 e. The van der Waals surface area contributed by atoms with Crippen molar-refractivity contribution in [2.75, 3.05) is 4.90 Å². The standard InChI is InChI=1S/C39H31ClN2O5/c40-26-14-8-15-27(20-26)42-36(45)32-21-31-29(17-18-30-33(31)37(46)41(35(30)44)22-23-9-3-1-4-10-23)34(24-11-7-16-28(43)19-24)39(32,38(42)47)25-12-5-2-6-13-25/h1-17,19-20,30-34,43H,18,21-22H2. The Balaban J connectivity index is 1.32. The fraction of sp³-hybridized carbons (Fsp3) is 0.231. The number of imide groups is 2. The molecule has 8 rings (SSSR count). The molecule has 6 unspecified atom stereocenters. The van der Waals surface area contributed by atoms with Crippen molar-refractivity contribution in [1.82, 2.24) is 4.90 Å². The van der Waals surface area contributed by atoms with Crippen LogP contribution in [-0.4, -0.2) is 33.6 Å². The van der Waals surface area contributed by atoms with E-state index in [1.54, 1.807) is 42.5 Å². The Hall–Kier alpha value is -5.01. The predicted molar refractivity (Wildman–Crippen MR) is 176 cm³/mol. The van der Waals surface area contributed by atoms with Crippen LogP contribution in [0, 0.1) is 23.7 Å². The molecular formula is C39H31ClN2O5. The number of anilines is 1. The Morgan fingerprint density at radius 3 is 2.21 bits per heavy atom. The molecule has 1 N–H and O–H groups in total. The molecule has 2 aliphatic carbocycles. The summed E-state index contributed by atoms with van der Waals surface area (Å²) in [5.74, 6) is -4.38. The van der Waals surface area contributed by atoms with Gasteiger partial charge >= 0.3 is 0 Å². The average molecular weight is 643 g/mol. The van der Waals surface area contributed by atoms with Crippen LogP contribution in [0.15, 0.2) is 121 Å². The number of carbonyl (C=O) groups excluding carboxylic acids is 4. The molecule has 7 nitrogen and oxygen atoms in total. The molecule has 0 spiro atoms. The summed E-state index contributed by atoms with van der Waals surface area (Å²) in [7, 11) is 0. The van der Waals surface area contributed by atoms with E-state index in [0.717, 1.165) is 11.1 Å². The topological polar surface area (TPSA) is 95.0 Å². The molecular weight excluding hydrogens is 612 g/mol. The van der Waals surface area contributed by atoms with Gasteiger partial charge in [-0.25, -0.2) is 4.90 Å². The van der Waals surface area contributed by atoms with Gasteiger partial charge in [0.1, 0.15) is 5.75 Å². The highest BCUT2D eigenvalue weighted by atomic mass is 35.5. The van der Waals surface area contributed by atoms with E-state index in [-0.39, 0.29) is 42.3 Å². The van der Waals surface area contributed by atoms with Crippen LogP contribution in [0.25, 0.3) is 0 Å². The van der Waals surface area contributed by atoms with E-state index in [2.05, 4.69) is 0 Å². The zero-order valence-electron chi connectivity index (χ0n) is 25.3. The number of rotatable bonds is 5. The van der Waals surface area contributed by atoms with Crippen LogP contribution in [0.4, 0.5) is 5.69 Å². The highest BCUT2D eigenvalue weighted by molar-refractivity contribution is 6.32. The van der Waals surface area contributed by atoms with E-state index < -0.39 is 35.0 Å². The number of allylic oxidation sites excluding steroid dienone is 2. The number of carbonyl (C=O) groups is 4. The third kappa shape index (κ3) is 4.33. The third-order valence-corrected chi connectivity index (χ3v) is 10.9. The van der Waals surface area contributed by atoms with Gasteiger partial charge in [0, 0.05) is 10.9 Å². The van der Waals surface area contributed by atoms with Crippen LogP contribution in [0.3, 0.4) is 0 Å².